The predicted octanol–water partition coefficient (Wildman–Crippen LogP) is 2.63. The van der Waals surface area contributed by atoms with Crippen molar-refractivity contribution in [2.45, 2.75) is 26.3 Å². The maximum Gasteiger partial charge on any atom is 0.335 e. The van der Waals surface area contributed by atoms with Crippen molar-refractivity contribution in [1.29, 1.82) is 0 Å². The summed E-state index contributed by atoms with van der Waals surface area (Å²) in [6, 6.07) is 7.00. The molecule has 4 heteroatoms. The second-order valence-electron chi connectivity index (χ2n) is 4.71. The van der Waals surface area contributed by atoms with E-state index in [0.717, 1.165) is 44.7 Å². The molecule has 0 saturated carbocycles. The van der Waals surface area contributed by atoms with Crippen molar-refractivity contribution < 1.29 is 14.6 Å². The Morgan fingerprint density at radius 2 is 1.95 bits per heavy atom. The number of ether oxygens (including phenoxy) is 1. The van der Waals surface area contributed by atoms with Crippen molar-refractivity contribution in [3.63, 3.8) is 0 Å². The van der Waals surface area contributed by atoms with Gasteiger partial charge in [0, 0.05) is 19.7 Å². The Balaban J connectivity index is 2.27. The lowest BCUT2D eigenvalue weighted by molar-refractivity contribution is 0.0697. The van der Waals surface area contributed by atoms with Gasteiger partial charge in [-0.3, -0.25) is 4.90 Å². The van der Waals surface area contributed by atoms with Gasteiger partial charge < -0.3 is 9.84 Å². The first-order chi connectivity index (χ1) is 9.13. The molecule has 1 aromatic rings. The van der Waals surface area contributed by atoms with Crippen LogP contribution in [0.3, 0.4) is 0 Å². The van der Waals surface area contributed by atoms with Crippen molar-refractivity contribution in [2.75, 3.05) is 26.8 Å². The molecule has 0 bridgehead atoms. The summed E-state index contributed by atoms with van der Waals surface area (Å²) < 4.78 is 5.51. The number of unbranched alkanes of at least 4 members (excludes halogenated alkanes) is 1. The molecule has 0 aliphatic heterocycles. The van der Waals surface area contributed by atoms with Gasteiger partial charge >= 0.3 is 5.97 Å². The number of benzene rings is 1. The van der Waals surface area contributed by atoms with Crippen molar-refractivity contribution in [3.05, 3.63) is 35.4 Å². The van der Waals surface area contributed by atoms with Crippen molar-refractivity contribution in [2.24, 2.45) is 0 Å². The third kappa shape index (κ3) is 6.36. The monoisotopic (exact) mass is 265 g/mol. The Morgan fingerprint density at radius 3 is 2.53 bits per heavy atom. The van der Waals surface area contributed by atoms with Crippen molar-refractivity contribution in [3.8, 4) is 0 Å². The Labute approximate surface area is 115 Å². The smallest absolute Gasteiger partial charge is 0.335 e. The normalized spacial score (nSPS) is 10.9. The molecule has 1 rings (SSSR count). The first-order valence-corrected chi connectivity index (χ1v) is 6.72. The Kier molecular flexibility index (Phi) is 7.15. The van der Waals surface area contributed by atoms with Crippen LogP contribution in [0.4, 0.5) is 0 Å². The summed E-state index contributed by atoms with van der Waals surface area (Å²) in [4.78, 5) is 12.9. The van der Waals surface area contributed by atoms with Crippen LogP contribution in [0, 0.1) is 0 Å². The van der Waals surface area contributed by atoms with Gasteiger partial charge in [-0.25, -0.2) is 4.79 Å². The highest BCUT2D eigenvalue weighted by Crippen LogP contribution is 2.06. The van der Waals surface area contributed by atoms with Gasteiger partial charge in [0.2, 0.25) is 0 Å². The number of rotatable bonds is 9. The van der Waals surface area contributed by atoms with Gasteiger partial charge in [-0.1, -0.05) is 25.5 Å². The number of carboxylic acid groups (broad SMARTS) is 1. The Morgan fingerprint density at radius 1 is 1.26 bits per heavy atom. The molecule has 19 heavy (non-hydrogen) atoms. The molecule has 1 N–H and O–H groups in total. The number of nitrogens with zero attached hydrogens (tertiary/aromatic N) is 1. The predicted molar refractivity (Wildman–Crippen MR) is 75.5 cm³/mol. The molecule has 0 spiro atoms. The number of aromatic carboxylic acids is 1. The lowest BCUT2D eigenvalue weighted by atomic mass is 10.1. The standard InChI is InChI=1S/C15H23NO3/c1-3-4-10-19-11-9-16(2)12-13-5-7-14(8-6-13)15(17)18/h5-8H,3-4,9-12H2,1-2H3,(H,17,18). The van der Waals surface area contributed by atoms with E-state index in [1.54, 1.807) is 12.1 Å². The van der Waals surface area contributed by atoms with Gasteiger partial charge in [-0.05, 0) is 31.2 Å². The summed E-state index contributed by atoms with van der Waals surface area (Å²) in [6.45, 7) is 5.40. The molecule has 0 fully saturated rings. The van der Waals surface area contributed by atoms with Gasteiger partial charge in [0.05, 0.1) is 12.2 Å². The quantitative estimate of drug-likeness (QED) is 0.697. The average molecular weight is 265 g/mol. The molecular formula is C15H23NO3. The first-order valence-electron chi connectivity index (χ1n) is 6.72. The molecule has 106 valence electrons. The number of likely N-dealkylation sites (N-methyl/N-ethyl adjacent to an activating group) is 1. The molecule has 0 saturated heterocycles. The highest BCUT2D eigenvalue weighted by molar-refractivity contribution is 5.87. The fraction of sp³-hybridized carbons (Fsp3) is 0.533. The van der Waals surface area contributed by atoms with Crippen LogP contribution in [0.1, 0.15) is 35.7 Å². The summed E-state index contributed by atoms with van der Waals surface area (Å²) in [7, 11) is 2.04. The van der Waals surface area contributed by atoms with E-state index in [2.05, 4.69) is 11.8 Å². The Hall–Kier alpha value is -1.39. The van der Waals surface area contributed by atoms with Gasteiger partial charge in [-0.15, -0.1) is 0 Å². The second kappa shape index (κ2) is 8.67. The maximum atomic E-state index is 10.7. The SMILES string of the molecule is CCCCOCCN(C)Cc1ccc(C(=O)O)cc1. The molecule has 1 aromatic carbocycles. The molecular weight excluding hydrogens is 242 g/mol. The fourth-order valence-electron chi connectivity index (χ4n) is 1.71. The summed E-state index contributed by atoms with van der Waals surface area (Å²) in [5.74, 6) is -0.885. The van der Waals surface area contributed by atoms with E-state index in [-0.39, 0.29) is 0 Å². The van der Waals surface area contributed by atoms with Gasteiger partial charge in [0.15, 0.2) is 0 Å². The van der Waals surface area contributed by atoms with Crippen molar-refractivity contribution >= 4 is 5.97 Å². The van der Waals surface area contributed by atoms with Crippen LogP contribution in [0.5, 0.6) is 0 Å². The minimum atomic E-state index is -0.885. The zero-order valence-electron chi connectivity index (χ0n) is 11.8. The van der Waals surface area contributed by atoms with E-state index in [1.165, 1.54) is 0 Å². The van der Waals surface area contributed by atoms with Crippen LogP contribution in [0.25, 0.3) is 0 Å². The molecule has 0 aliphatic rings. The molecule has 0 unspecified atom stereocenters. The van der Waals surface area contributed by atoms with Gasteiger partial charge in [0.1, 0.15) is 0 Å². The van der Waals surface area contributed by atoms with Crippen molar-refractivity contribution in [1.82, 2.24) is 4.90 Å². The zero-order chi connectivity index (χ0) is 14.1. The minimum Gasteiger partial charge on any atom is -0.478 e. The maximum absolute atomic E-state index is 10.7. The zero-order valence-corrected chi connectivity index (χ0v) is 11.8. The van der Waals surface area contributed by atoms with E-state index in [9.17, 15) is 4.79 Å². The van der Waals surface area contributed by atoms with E-state index < -0.39 is 5.97 Å². The third-order valence-corrected chi connectivity index (χ3v) is 2.91. The van der Waals surface area contributed by atoms with E-state index in [4.69, 9.17) is 9.84 Å². The van der Waals surface area contributed by atoms with Crippen LogP contribution in [-0.2, 0) is 11.3 Å². The van der Waals surface area contributed by atoms with E-state index >= 15 is 0 Å². The lowest BCUT2D eigenvalue weighted by Crippen LogP contribution is -2.23. The van der Waals surface area contributed by atoms with Crippen LogP contribution in [-0.4, -0.2) is 42.8 Å². The topological polar surface area (TPSA) is 49.8 Å². The number of carbonyl (C=O) groups is 1. The fourth-order valence-corrected chi connectivity index (χ4v) is 1.71. The average Bonchev–Trinajstić information content (AvgIpc) is 2.39. The first kappa shape index (κ1) is 15.7. The number of hydrogen-bond acceptors (Lipinski definition) is 3. The number of hydrogen-bond donors (Lipinski definition) is 1. The lowest BCUT2D eigenvalue weighted by Gasteiger charge is -2.16. The molecule has 4 nitrogen and oxygen atoms in total. The van der Waals surface area contributed by atoms with Crippen LogP contribution >= 0.6 is 0 Å². The third-order valence-electron chi connectivity index (χ3n) is 2.91. The highest BCUT2D eigenvalue weighted by Gasteiger charge is 2.04. The van der Waals surface area contributed by atoms with Gasteiger partial charge in [-0.2, -0.15) is 0 Å². The largest absolute Gasteiger partial charge is 0.478 e. The molecule has 0 heterocycles. The Bertz CT molecular complexity index is 375. The molecule has 0 aromatic heterocycles. The summed E-state index contributed by atoms with van der Waals surface area (Å²) in [5, 5.41) is 8.82. The van der Waals surface area contributed by atoms with Gasteiger partial charge in [0.25, 0.3) is 0 Å². The van der Waals surface area contributed by atoms with Crippen LogP contribution in [0.15, 0.2) is 24.3 Å². The summed E-state index contributed by atoms with van der Waals surface area (Å²) in [5.41, 5.74) is 1.44. The van der Waals surface area contributed by atoms with Crippen LogP contribution < -0.4 is 0 Å². The van der Waals surface area contributed by atoms with E-state index in [1.807, 2.05) is 19.2 Å². The molecule has 0 amide bonds. The molecule has 0 aliphatic carbocycles. The number of carboxylic acids is 1. The summed E-state index contributed by atoms with van der Waals surface area (Å²) in [6.07, 6.45) is 2.27. The highest BCUT2D eigenvalue weighted by atomic mass is 16.5. The molecule has 0 atom stereocenters. The van der Waals surface area contributed by atoms with E-state index in [0.29, 0.717) is 5.56 Å². The second-order valence-corrected chi connectivity index (χ2v) is 4.71. The van der Waals surface area contributed by atoms with Crippen LogP contribution in [0.2, 0.25) is 0 Å². The molecule has 0 radical (unpaired) electrons. The summed E-state index contributed by atoms with van der Waals surface area (Å²) >= 11 is 0. The minimum absolute atomic E-state index is 0.328.